The van der Waals surface area contributed by atoms with Crippen molar-refractivity contribution in [2.24, 2.45) is 10.7 Å². The Morgan fingerprint density at radius 2 is 1.97 bits per heavy atom. The van der Waals surface area contributed by atoms with Gasteiger partial charge in [0.15, 0.2) is 5.96 Å². The molecule has 2 N–H and O–H groups in total. The van der Waals surface area contributed by atoms with Gasteiger partial charge in [0.05, 0.1) is 17.9 Å². The fraction of sp³-hybridized carbons (Fsp3) is 0.250. The topological polar surface area (TPSA) is 93.7 Å². The molecule has 1 amide bonds. The number of ether oxygens (including phenoxy) is 1. The molecule has 0 bridgehead atoms. The molecule has 0 saturated heterocycles. The first kappa shape index (κ1) is 21.5. The van der Waals surface area contributed by atoms with Crippen molar-refractivity contribution in [3.05, 3.63) is 64.9 Å². The van der Waals surface area contributed by atoms with Crippen LogP contribution in [0.1, 0.15) is 35.8 Å². The zero-order valence-corrected chi connectivity index (χ0v) is 19.1. The number of amides is 1. The van der Waals surface area contributed by atoms with Crippen LogP contribution < -0.4 is 10.5 Å². The minimum atomic E-state index is -0.910. The van der Waals surface area contributed by atoms with Gasteiger partial charge in [0.1, 0.15) is 16.3 Å². The lowest BCUT2D eigenvalue weighted by Gasteiger charge is -2.39. The maximum absolute atomic E-state index is 13.4. The largest absolute Gasteiger partial charge is 0.497 e. The van der Waals surface area contributed by atoms with Crippen LogP contribution in [0.4, 0.5) is 0 Å². The highest BCUT2D eigenvalue weighted by molar-refractivity contribution is 7.15. The third-order valence-electron chi connectivity index (χ3n) is 5.54. The summed E-state index contributed by atoms with van der Waals surface area (Å²) in [6, 6.07) is 9.42. The predicted octanol–water partition coefficient (Wildman–Crippen LogP) is 3.37. The number of thiazole rings is 1. The van der Waals surface area contributed by atoms with Gasteiger partial charge >= 0.3 is 0 Å². The molecule has 8 heteroatoms. The lowest BCUT2D eigenvalue weighted by atomic mass is 9.78. The zero-order valence-electron chi connectivity index (χ0n) is 18.3. The number of nitrogens with two attached hydrogens (primary N) is 1. The summed E-state index contributed by atoms with van der Waals surface area (Å²) in [5.74, 6) is 6.11. The second kappa shape index (κ2) is 8.44. The quantitative estimate of drug-likeness (QED) is 0.622. The van der Waals surface area contributed by atoms with E-state index in [-0.39, 0.29) is 11.9 Å². The molecule has 2 aromatic heterocycles. The van der Waals surface area contributed by atoms with E-state index in [0.29, 0.717) is 0 Å². The molecule has 162 valence electrons. The van der Waals surface area contributed by atoms with Gasteiger partial charge in [-0.05, 0) is 37.6 Å². The third kappa shape index (κ3) is 3.72. The number of carbonyl (C=O) groups excluding carboxylic acids is 1. The van der Waals surface area contributed by atoms with Gasteiger partial charge in [-0.25, -0.2) is 9.98 Å². The monoisotopic (exact) mass is 445 g/mol. The van der Waals surface area contributed by atoms with Crippen molar-refractivity contribution < 1.29 is 9.53 Å². The maximum atomic E-state index is 13.4. The number of methoxy groups -OCH3 is 1. The van der Waals surface area contributed by atoms with Gasteiger partial charge in [-0.15, -0.1) is 17.3 Å². The summed E-state index contributed by atoms with van der Waals surface area (Å²) in [5.41, 5.74) is 7.74. The number of rotatable bonds is 4. The van der Waals surface area contributed by atoms with Gasteiger partial charge in [0.2, 0.25) is 5.91 Å². The van der Waals surface area contributed by atoms with E-state index in [2.05, 4.69) is 21.8 Å². The first-order valence-corrected chi connectivity index (χ1v) is 10.8. The molecule has 0 saturated carbocycles. The van der Waals surface area contributed by atoms with Gasteiger partial charge < -0.3 is 10.5 Å². The summed E-state index contributed by atoms with van der Waals surface area (Å²) in [5, 5.41) is 0.780. The molecule has 1 aromatic carbocycles. The van der Waals surface area contributed by atoms with Crippen LogP contribution in [0.5, 0.6) is 5.75 Å². The van der Waals surface area contributed by atoms with E-state index in [1.165, 1.54) is 16.2 Å². The number of hydrogen-bond acceptors (Lipinski definition) is 7. The second-order valence-corrected chi connectivity index (χ2v) is 8.62. The Morgan fingerprint density at radius 3 is 2.66 bits per heavy atom. The molecule has 3 aromatic rings. The van der Waals surface area contributed by atoms with Crippen LogP contribution in [-0.2, 0) is 10.3 Å². The van der Waals surface area contributed by atoms with Crippen molar-refractivity contribution >= 4 is 23.2 Å². The number of aromatic nitrogens is 2. The molecule has 1 aliphatic rings. The number of nitrogens with zero attached hydrogens (tertiary/aromatic N) is 4. The van der Waals surface area contributed by atoms with E-state index >= 15 is 0 Å². The number of carbonyl (C=O) groups is 1. The van der Waals surface area contributed by atoms with Gasteiger partial charge in [-0.1, -0.05) is 18.1 Å². The standard InChI is InChI=1S/C24H23N5O2S/c1-5-6-15-11-17(13-26-12-15)21-27-14-19(32-21)24(2)20(22(30)29(3)23(25)28-24)16-7-9-18(31-4)10-8-16/h7-14,20H,1-4H3,(H2,25,28)/t20?,24-/m1/s1. The molecule has 0 aliphatic carbocycles. The third-order valence-corrected chi connectivity index (χ3v) is 6.81. The highest BCUT2D eigenvalue weighted by Crippen LogP contribution is 2.46. The summed E-state index contributed by atoms with van der Waals surface area (Å²) in [4.78, 5) is 29.3. The average molecular weight is 446 g/mol. The molecule has 1 unspecified atom stereocenters. The lowest BCUT2D eigenvalue weighted by Crippen LogP contribution is -2.52. The second-order valence-electron chi connectivity index (χ2n) is 7.59. The first-order valence-electron chi connectivity index (χ1n) is 9.98. The van der Waals surface area contributed by atoms with E-state index in [0.717, 1.165) is 32.3 Å². The Bertz CT molecular complexity index is 1260. The number of aliphatic imine (C=N–C) groups is 1. The van der Waals surface area contributed by atoms with Crippen LogP contribution in [0, 0.1) is 11.8 Å². The number of pyridine rings is 1. The molecule has 2 atom stereocenters. The van der Waals surface area contributed by atoms with Crippen molar-refractivity contribution in [2.75, 3.05) is 14.2 Å². The molecule has 0 fully saturated rings. The van der Waals surface area contributed by atoms with Crippen LogP contribution >= 0.6 is 11.3 Å². The summed E-state index contributed by atoms with van der Waals surface area (Å²) in [6.07, 6.45) is 5.24. The van der Waals surface area contributed by atoms with Gasteiger partial charge in [0, 0.05) is 36.8 Å². The maximum Gasteiger partial charge on any atom is 0.239 e. The van der Waals surface area contributed by atoms with Gasteiger partial charge in [-0.3, -0.25) is 14.7 Å². The Kier molecular flexibility index (Phi) is 5.68. The molecular weight excluding hydrogens is 422 g/mol. The summed E-state index contributed by atoms with van der Waals surface area (Å²) in [6.45, 7) is 3.71. The molecule has 0 spiro atoms. The normalized spacial score (nSPS) is 20.4. The molecule has 7 nitrogen and oxygen atoms in total. The number of hydrogen-bond donors (Lipinski definition) is 1. The van der Waals surface area contributed by atoms with Crippen LogP contribution in [0.15, 0.2) is 53.9 Å². The van der Waals surface area contributed by atoms with E-state index in [1.54, 1.807) is 39.7 Å². The number of likely N-dealkylation sites (N-methyl/N-ethyl adjacent to an activating group) is 1. The Balaban J connectivity index is 1.81. The zero-order chi connectivity index (χ0) is 22.9. The minimum Gasteiger partial charge on any atom is -0.497 e. The van der Waals surface area contributed by atoms with E-state index in [1.807, 2.05) is 37.3 Å². The van der Waals surface area contributed by atoms with E-state index in [4.69, 9.17) is 15.5 Å². The Labute approximate surface area is 191 Å². The Hall–Kier alpha value is -3.70. The fourth-order valence-corrected chi connectivity index (χ4v) is 4.82. The van der Waals surface area contributed by atoms with Crippen LogP contribution in [0.25, 0.3) is 10.6 Å². The molecule has 4 rings (SSSR count). The van der Waals surface area contributed by atoms with Crippen molar-refractivity contribution in [3.63, 3.8) is 0 Å². The SMILES string of the molecule is CC#Cc1cncc(-c2ncc([C@@]3(C)N=C(N)N(C)C(=O)C3c3ccc(OC)cc3)s2)c1. The molecule has 32 heavy (non-hydrogen) atoms. The van der Waals surface area contributed by atoms with E-state index in [9.17, 15) is 4.79 Å². The molecule has 1 aliphatic heterocycles. The van der Waals surface area contributed by atoms with Crippen LogP contribution in [0.2, 0.25) is 0 Å². The fourth-order valence-electron chi connectivity index (χ4n) is 3.80. The van der Waals surface area contributed by atoms with Crippen molar-refractivity contribution in [1.82, 2.24) is 14.9 Å². The van der Waals surface area contributed by atoms with Gasteiger partial charge in [0.25, 0.3) is 0 Å². The van der Waals surface area contributed by atoms with Crippen LogP contribution in [-0.4, -0.2) is 40.9 Å². The smallest absolute Gasteiger partial charge is 0.239 e. The molecule has 0 radical (unpaired) electrons. The highest BCUT2D eigenvalue weighted by Gasteiger charge is 2.48. The summed E-state index contributed by atoms with van der Waals surface area (Å²) >= 11 is 1.47. The Morgan fingerprint density at radius 1 is 1.22 bits per heavy atom. The van der Waals surface area contributed by atoms with Crippen molar-refractivity contribution in [3.8, 4) is 28.2 Å². The van der Waals surface area contributed by atoms with Gasteiger partial charge in [-0.2, -0.15) is 0 Å². The first-order chi connectivity index (χ1) is 15.4. The molecule has 3 heterocycles. The predicted molar refractivity (Wildman–Crippen MR) is 125 cm³/mol. The number of benzene rings is 1. The number of guanidine groups is 1. The molecular formula is C24H23N5O2S. The van der Waals surface area contributed by atoms with Crippen molar-refractivity contribution in [2.45, 2.75) is 25.3 Å². The minimum absolute atomic E-state index is 0.123. The van der Waals surface area contributed by atoms with E-state index < -0.39 is 11.5 Å². The lowest BCUT2D eigenvalue weighted by molar-refractivity contribution is -0.130. The van der Waals surface area contributed by atoms with Crippen LogP contribution in [0.3, 0.4) is 0 Å². The highest BCUT2D eigenvalue weighted by atomic mass is 32.1. The van der Waals surface area contributed by atoms with Crippen molar-refractivity contribution in [1.29, 1.82) is 0 Å². The average Bonchev–Trinajstić information content (AvgIpc) is 3.30. The summed E-state index contributed by atoms with van der Waals surface area (Å²) in [7, 11) is 3.25. The summed E-state index contributed by atoms with van der Waals surface area (Å²) < 4.78 is 5.27.